The largest absolute Gasteiger partial charge is 0.493 e. The van der Waals surface area contributed by atoms with Gasteiger partial charge in [-0.25, -0.2) is 9.79 Å². The molecule has 0 bridgehead atoms. The number of aromatic nitrogens is 6. The van der Waals surface area contributed by atoms with Crippen LogP contribution in [0.2, 0.25) is 10.0 Å². The van der Waals surface area contributed by atoms with E-state index in [1.165, 1.54) is 4.52 Å². The van der Waals surface area contributed by atoms with Crippen molar-refractivity contribution in [1.82, 2.24) is 29.5 Å². The molecule has 4 aromatic rings. The predicted octanol–water partition coefficient (Wildman–Crippen LogP) is 1.38. The summed E-state index contributed by atoms with van der Waals surface area (Å²) in [6, 6.07) is 5.51. The zero-order valence-corrected chi connectivity index (χ0v) is 17.4. The van der Waals surface area contributed by atoms with Crippen LogP contribution in [0.3, 0.4) is 0 Å². The number of rotatable bonds is 5. The van der Waals surface area contributed by atoms with Crippen molar-refractivity contribution in [2.24, 2.45) is 4.99 Å². The van der Waals surface area contributed by atoms with E-state index in [4.69, 9.17) is 23.2 Å². The lowest BCUT2D eigenvalue weighted by atomic mass is 10.2. The summed E-state index contributed by atoms with van der Waals surface area (Å²) >= 11 is 12.5. The summed E-state index contributed by atoms with van der Waals surface area (Å²) in [6.07, 6.45) is 5.14. The summed E-state index contributed by atoms with van der Waals surface area (Å²) in [5.41, 5.74) is 1.30. The molecule has 0 unspecified atom stereocenters. The molecule has 31 heavy (non-hydrogen) atoms. The average molecular weight is 459 g/mol. The molecule has 0 saturated heterocycles. The molecule has 4 N–H and O–H groups in total. The van der Waals surface area contributed by atoms with Gasteiger partial charge in [0.25, 0.3) is 5.62 Å². The Kier molecular flexibility index (Phi) is 4.87. The highest BCUT2D eigenvalue weighted by Gasteiger charge is 2.21. The van der Waals surface area contributed by atoms with Crippen LogP contribution in [-0.2, 0) is 6.54 Å². The molecule has 0 atom stereocenters. The maximum atomic E-state index is 11.4. The smallest absolute Gasteiger partial charge is 0.326 e. The van der Waals surface area contributed by atoms with Gasteiger partial charge >= 0.3 is 5.69 Å². The molecule has 3 aromatic heterocycles. The molecular formula is C19H16Cl2N8O2. The molecule has 10 nitrogen and oxygen atoms in total. The number of hydrogen-bond acceptors (Lipinski definition) is 7. The van der Waals surface area contributed by atoms with Crippen molar-refractivity contribution in [2.45, 2.75) is 25.4 Å². The van der Waals surface area contributed by atoms with E-state index in [0.717, 1.165) is 18.4 Å². The molecule has 1 aliphatic rings. The number of hydrogen-bond donors (Lipinski definition) is 4. The van der Waals surface area contributed by atoms with E-state index in [0.29, 0.717) is 39.0 Å². The lowest BCUT2D eigenvalue weighted by Crippen LogP contribution is -2.24. The molecule has 1 fully saturated rings. The summed E-state index contributed by atoms with van der Waals surface area (Å²) in [4.78, 5) is 29.9. The van der Waals surface area contributed by atoms with Crippen LogP contribution in [0.5, 0.6) is 5.88 Å². The minimum atomic E-state index is -0.516. The number of aromatic amines is 2. The number of H-pyrrole nitrogens is 2. The summed E-state index contributed by atoms with van der Waals surface area (Å²) < 4.78 is 1.53. The van der Waals surface area contributed by atoms with Gasteiger partial charge in [0.15, 0.2) is 5.65 Å². The normalized spacial score (nSPS) is 15.2. The summed E-state index contributed by atoms with van der Waals surface area (Å²) in [7, 11) is 0. The van der Waals surface area contributed by atoms with Gasteiger partial charge in [-0.1, -0.05) is 29.3 Å². The number of benzene rings is 1. The van der Waals surface area contributed by atoms with Gasteiger partial charge in [-0.05, 0) is 31.1 Å². The minimum absolute atomic E-state index is 0.214. The Hall–Kier alpha value is -3.37. The van der Waals surface area contributed by atoms with E-state index in [2.05, 4.69) is 35.3 Å². The summed E-state index contributed by atoms with van der Waals surface area (Å²) in [5.74, 6) is 0.0535. The van der Waals surface area contributed by atoms with Gasteiger partial charge in [-0.3, -0.25) is 4.98 Å². The van der Waals surface area contributed by atoms with Crippen LogP contribution in [0.25, 0.3) is 11.7 Å². The Morgan fingerprint density at radius 1 is 1.26 bits per heavy atom. The van der Waals surface area contributed by atoms with Gasteiger partial charge in [-0.15, -0.1) is 0 Å². The molecule has 1 aliphatic carbocycles. The molecule has 3 heterocycles. The summed E-state index contributed by atoms with van der Waals surface area (Å²) in [5, 5.41) is 19.0. The molecule has 5 rings (SSSR count). The first-order valence-corrected chi connectivity index (χ1v) is 10.2. The summed E-state index contributed by atoms with van der Waals surface area (Å²) in [6.45, 7) is 0.316. The van der Waals surface area contributed by atoms with Crippen LogP contribution in [0, 0.1) is 0 Å². The monoisotopic (exact) mass is 458 g/mol. The van der Waals surface area contributed by atoms with Gasteiger partial charge in [0, 0.05) is 27.4 Å². The van der Waals surface area contributed by atoms with E-state index >= 15 is 0 Å². The fourth-order valence-corrected chi connectivity index (χ4v) is 3.56. The fraction of sp³-hybridized carbons (Fsp3) is 0.211. The second-order valence-electron chi connectivity index (χ2n) is 7.08. The molecule has 1 saturated carbocycles. The minimum Gasteiger partial charge on any atom is -0.493 e. The Labute approximate surface area is 184 Å². The van der Waals surface area contributed by atoms with Crippen LogP contribution in [0.15, 0.2) is 34.2 Å². The first-order chi connectivity index (χ1) is 15.0. The van der Waals surface area contributed by atoms with E-state index in [-0.39, 0.29) is 17.6 Å². The SMILES string of the molecule is O=c1[nH]c(O)c(C=c2cnn3c(=NC4CC4)nc(NCc4c(Cl)cccc4Cl)nc23)[nH]1. The van der Waals surface area contributed by atoms with E-state index in [1.807, 2.05) is 0 Å². The van der Waals surface area contributed by atoms with Crippen LogP contribution in [0.4, 0.5) is 5.95 Å². The number of anilines is 1. The van der Waals surface area contributed by atoms with Crippen molar-refractivity contribution < 1.29 is 5.11 Å². The molecule has 158 valence electrons. The number of imidazole rings is 1. The van der Waals surface area contributed by atoms with E-state index in [1.54, 1.807) is 30.5 Å². The number of nitrogens with zero attached hydrogens (tertiary/aromatic N) is 5. The van der Waals surface area contributed by atoms with Crippen molar-refractivity contribution in [1.29, 1.82) is 0 Å². The van der Waals surface area contributed by atoms with E-state index in [9.17, 15) is 9.90 Å². The van der Waals surface area contributed by atoms with Gasteiger partial charge in [0.05, 0.1) is 12.2 Å². The topological polar surface area (TPSA) is 136 Å². The van der Waals surface area contributed by atoms with Crippen LogP contribution in [-0.4, -0.2) is 40.7 Å². The van der Waals surface area contributed by atoms with Crippen molar-refractivity contribution in [3.05, 3.63) is 67.0 Å². The fourth-order valence-electron chi connectivity index (χ4n) is 3.03. The second-order valence-corrected chi connectivity index (χ2v) is 7.90. The van der Waals surface area contributed by atoms with Gasteiger partial charge in [0.2, 0.25) is 11.8 Å². The maximum absolute atomic E-state index is 11.4. The van der Waals surface area contributed by atoms with Crippen molar-refractivity contribution >= 4 is 40.9 Å². The Bertz CT molecular complexity index is 1450. The average Bonchev–Trinajstić information content (AvgIpc) is 3.36. The third-order valence-electron chi connectivity index (χ3n) is 4.74. The van der Waals surface area contributed by atoms with Gasteiger partial charge in [0.1, 0.15) is 5.69 Å². The quantitative estimate of drug-likeness (QED) is 0.356. The Balaban J connectivity index is 1.60. The molecule has 0 amide bonds. The molecule has 1 aromatic carbocycles. The highest BCUT2D eigenvalue weighted by molar-refractivity contribution is 6.36. The van der Waals surface area contributed by atoms with Crippen LogP contribution in [0.1, 0.15) is 24.1 Å². The zero-order chi connectivity index (χ0) is 21.5. The highest BCUT2D eigenvalue weighted by Crippen LogP contribution is 2.25. The van der Waals surface area contributed by atoms with Crippen molar-refractivity contribution in [2.75, 3.05) is 5.32 Å². The van der Waals surface area contributed by atoms with E-state index < -0.39 is 5.69 Å². The third kappa shape index (κ3) is 3.99. The Morgan fingerprint density at radius 2 is 2.03 bits per heavy atom. The molecule has 12 heteroatoms. The number of nitrogens with one attached hydrogen (secondary N) is 3. The zero-order valence-electron chi connectivity index (χ0n) is 15.9. The van der Waals surface area contributed by atoms with Gasteiger partial charge in [-0.2, -0.15) is 19.6 Å². The third-order valence-corrected chi connectivity index (χ3v) is 5.45. The number of aromatic hydroxyl groups is 1. The van der Waals surface area contributed by atoms with Crippen LogP contribution < -0.4 is 21.8 Å². The second kappa shape index (κ2) is 7.71. The molecule has 0 spiro atoms. The first-order valence-electron chi connectivity index (χ1n) is 9.47. The predicted molar refractivity (Wildman–Crippen MR) is 115 cm³/mol. The lowest BCUT2D eigenvalue weighted by Gasteiger charge is -2.08. The van der Waals surface area contributed by atoms with Gasteiger partial charge < -0.3 is 15.4 Å². The molecular weight excluding hydrogens is 443 g/mol. The van der Waals surface area contributed by atoms with Crippen LogP contribution >= 0.6 is 23.2 Å². The highest BCUT2D eigenvalue weighted by atomic mass is 35.5. The molecule has 0 radical (unpaired) electrons. The number of halogens is 2. The maximum Gasteiger partial charge on any atom is 0.326 e. The standard InChI is InChI=1S/C19H16Cl2N8O2/c20-12-2-1-3-13(21)11(12)8-22-17-26-15-9(6-14-16(30)27-19(31)25-14)7-23-29(15)18(28-17)24-10-4-5-10/h1-3,6-7,10,30H,4-5,8H2,(H,22,24,28)(H2,25,27,31). The van der Waals surface area contributed by atoms with Crippen molar-refractivity contribution in [3.63, 3.8) is 0 Å². The first kappa shape index (κ1) is 19.6. The number of fused-ring (bicyclic) bond motifs is 1. The van der Waals surface area contributed by atoms with Crippen molar-refractivity contribution in [3.8, 4) is 5.88 Å². The molecule has 0 aliphatic heterocycles. The Morgan fingerprint density at radius 3 is 2.71 bits per heavy atom. The lowest BCUT2D eigenvalue weighted by molar-refractivity contribution is 0.454.